The van der Waals surface area contributed by atoms with Crippen molar-refractivity contribution in [3.05, 3.63) is 51.7 Å². The largest absolute Gasteiger partial charge is 0.481 e. The van der Waals surface area contributed by atoms with Gasteiger partial charge in [-0.1, -0.05) is 6.92 Å². The van der Waals surface area contributed by atoms with Crippen LogP contribution >= 0.6 is 11.3 Å². The molecule has 0 saturated heterocycles. The van der Waals surface area contributed by atoms with Crippen LogP contribution in [-0.2, 0) is 20.8 Å². The summed E-state index contributed by atoms with van der Waals surface area (Å²) in [5, 5.41) is 29.5. The SMILES string of the molecule is CC(Cc1csc(C(=O)Oc2ccc(C(=N)N)cc2)c1)C(=O)NC(C(=O)O)C(C)C(=O)O. The summed E-state index contributed by atoms with van der Waals surface area (Å²) in [5.74, 6) is -5.72. The number of esters is 1. The van der Waals surface area contributed by atoms with Gasteiger partial charge < -0.3 is 26.0 Å². The molecule has 170 valence electrons. The van der Waals surface area contributed by atoms with Gasteiger partial charge in [-0.25, -0.2) is 9.59 Å². The van der Waals surface area contributed by atoms with Gasteiger partial charge in [-0.05, 0) is 54.6 Å². The Labute approximate surface area is 187 Å². The van der Waals surface area contributed by atoms with Crippen LogP contribution in [-0.4, -0.2) is 45.9 Å². The summed E-state index contributed by atoms with van der Waals surface area (Å²) in [6, 6.07) is 6.18. The third-order valence-corrected chi connectivity index (χ3v) is 5.63. The molecule has 0 aliphatic carbocycles. The van der Waals surface area contributed by atoms with Gasteiger partial charge in [0.15, 0.2) is 0 Å². The fourth-order valence-electron chi connectivity index (χ4n) is 2.73. The normalized spacial score (nSPS) is 13.4. The summed E-state index contributed by atoms with van der Waals surface area (Å²) < 4.78 is 5.29. The van der Waals surface area contributed by atoms with Gasteiger partial charge >= 0.3 is 17.9 Å². The van der Waals surface area contributed by atoms with Crippen LogP contribution in [0.5, 0.6) is 5.75 Å². The summed E-state index contributed by atoms with van der Waals surface area (Å²) in [6.07, 6.45) is 0.219. The van der Waals surface area contributed by atoms with Crippen LogP contribution in [0.2, 0.25) is 0 Å². The van der Waals surface area contributed by atoms with Crippen molar-refractivity contribution in [1.29, 1.82) is 5.41 Å². The van der Waals surface area contributed by atoms with E-state index in [0.717, 1.165) is 11.3 Å². The van der Waals surface area contributed by atoms with E-state index in [-0.39, 0.29) is 18.0 Å². The molecule has 0 radical (unpaired) electrons. The van der Waals surface area contributed by atoms with Crippen molar-refractivity contribution in [2.45, 2.75) is 26.3 Å². The quantitative estimate of drug-likeness (QED) is 0.153. The molecule has 2 rings (SSSR count). The lowest BCUT2D eigenvalue weighted by Gasteiger charge is -2.20. The number of carboxylic acids is 2. The first kappa shape index (κ1) is 24.5. The molecular weight excluding hydrogens is 438 g/mol. The highest BCUT2D eigenvalue weighted by Gasteiger charge is 2.32. The number of thiophene rings is 1. The Balaban J connectivity index is 1.98. The number of nitrogen functional groups attached to an aromatic ring is 1. The molecule has 10 nitrogen and oxygen atoms in total. The van der Waals surface area contributed by atoms with Crippen LogP contribution in [0.4, 0.5) is 0 Å². The second-order valence-electron chi connectivity index (χ2n) is 7.20. The number of nitrogens with one attached hydrogen (secondary N) is 2. The molecule has 32 heavy (non-hydrogen) atoms. The fourth-order valence-corrected chi connectivity index (χ4v) is 3.53. The molecule has 3 atom stereocenters. The molecule has 1 aromatic carbocycles. The third kappa shape index (κ3) is 6.38. The van der Waals surface area contributed by atoms with Crippen molar-refractivity contribution >= 4 is 41.0 Å². The van der Waals surface area contributed by atoms with Crippen LogP contribution < -0.4 is 15.8 Å². The van der Waals surface area contributed by atoms with Crippen molar-refractivity contribution < 1.29 is 34.1 Å². The standard InChI is InChI=1S/C21H23N3O7S/c1-10(18(25)24-16(20(28)29)11(2)19(26)27)7-12-8-15(32-9-12)21(30)31-14-5-3-13(4-6-14)17(22)23/h3-6,8-11,16H,7H2,1-2H3,(H3,22,23)(H,24,25)(H,26,27)(H,28,29). The molecule has 0 fully saturated rings. The predicted molar refractivity (Wildman–Crippen MR) is 116 cm³/mol. The highest BCUT2D eigenvalue weighted by Crippen LogP contribution is 2.21. The zero-order valence-corrected chi connectivity index (χ0v) is 18.1. The molecule has 3 unspecified atom stereocenters. The van der Waals surface area contributed by atoms with Gasteiger partial charge in [0.05, 0.1) is 5.92 Å². The number of aliphatic carboxylic acids is 2. The third-order valence-electron chi connectivity index (χ3n) is 4.67. The number of benzene rings is 1. The van der Waals surface area contributed by atoms with Crippen LogP contribution in [0.1, 0.15) is 34.6 Å². The monoisotopic (exact) mass is 461 g/mol. The van der Waals surface area contributed by atoms with Gasteiger partial charge in [0.1, 0.15) is 22.5 Å². The smallest absolute Gasteiger partial charge is 0.353 e. The van der Waals surface area contributed by atoms with Gasteiger partial charge in [0.25, 0.3) is 0 Å². The van der Waals surface area contributed by atoms with E-state index in [2.05, 4.69) is 5.32 Å². The lowest BCUT2D eigenvalue weighted by molar-refractivity contribution is -0.151. The van der Waals surface area contributed by atoms with Gasteiger partial charge in [0, 0.05) is 11.5 Å². The Bertz CT molecular complexity index is 1030. The molecule has 0 aliphatic rings. The summed E-state index contributed by atoms with van der Waals surface area (Å²) in [7, 11) is 0. The molecule has 0 spiro atoms. The van der Waals surface area contributed by atoms with E-state index in [9.17, 15) is 24.3 Å². The van der Waals surface area contributed by atoms with E-state index in [4.69, 9.17) is 21.0 Å². The van der Waals surface area contributed by atoms with E-state index >= 15 is 0 Å². The van der Waals surface area contributed by atoms with E-state index in [1.165, 1.54) is 19.1 Å². The maximum absolute atomic E-state index is 12.4. The molecule has 11 heteroatoms. The van der Waals surface area contributed by atoms with Crippen molar-refractivity contribution in [1.82, 2.24) is 5.32 Å². The second kappa shape index (κ2) is 10.5. The second-order valence-corrected chi connectivity index (χ2v) is 8.11. The summed E-state index contributed by atoms with van der Waals surface area (Å²) >= 11 is 1.13. The number of carboxylic acid groups (broad SMARTS) is 2. The molecular formula is C21H23N3O7S. The van der Waals surface area contributed by atoms with Gasteiger partial charge in [-0.15, -0.1) is 11.3 Å². The Kier molecular flexibility index (Phi) is 8.08. The van der Waals surface area contributed by atoms with Gasteiger partial charge in [-0.3, -0.25) is 15.0 Å². The van der Waals surface area contributed by atoms with Crippen molar-refractivity contribution in [3.63, 3.8) is 0 Å². The lowest BCUT2D eigenvalue weighted by atomic mass is 9.98. The van der Waals surface area contributed by atoms with Crippen LogP contribution in [0.25, 0.3) is 0 Å². The molecule has 2 aromatic rings. The van der Waals surface area contributed by atoms with Crippen molar-refractivity contribution in [3.8, 4) is 5.75 Å². The Morgan fingerprint density at radius 2 is 1.75 bits per heavy atom. The number of amides is 1. The highest BCUT2D eigenvalue weighted by atomic mass is 32.1. The topological polar surface area (TPSA) is 180 Å². The number of nitrogens with two attached hydrogens (primary N) is 1. The molecule has 0 saturated carbocycles. The van der Waals surface area contributed by atoms with Gasteiger partial charge in [0.2, 0.25) is 5.91 Å². The number of amidine groups is 1. The summed E-state index contributed by atoms with van der Waals surface area (Å²) in [5.41, 5.74) is 6.56. The van der Waals surface area contributed by atoms with Crippen LogP contribution in [0.3, 0.4) is 0 Å². The van der Waals surface area contributed by atoms with Gasteiger partial charge in [-0.2, -0.15) is 0 Å². The maximum atomic E-state index is 12.4. The van der Waals surface area contributed by atoms with E-state index in [1.54, 1.807) is 30.5 Å². The molecule has 1 heterocycles. The zero-order chi connectivity index (χ0) is 24.0. The number of carbonyl (C=O) groups is 4. The average molecular weight is 461 g/mol. The maximum Gasteiger partial charge on any atom is 0.353 e. The van der Waals surface area contributed by atoms with Crippen molar-refractivity contribution in [2.75, 3.05) is 0 Å². The first-order valence-corrected chi connectivity index (χ1v) is 10.4. The number of hydrogen-bond donors (Lipinski definition) is 5. The molecule has 0 aliphatic heterocycles. The van der Waals surface area contributed by atoms with Crippen LogP contribution in [0, 0.1) is 17.2 Å². The first-order valence-electron chi connectivity index (χ1n) is 9.49. The Hall–Kier alpha value is -3.73. The zero-order valence-electron chi connectivity index (χ0n) is 17.3. The van der Waals surface area contributed by atoms with Crippen LogP contribution in [0.15, 0.2) is 35.7 Å². The Morgan fingerprint density at radius 3 is 2.28 bits per heavy atom. The predicted octanol–water partition coefficient (Wildman–Crippen LogP) is 1.72. The average Bonchev–Trinajstić information content (AvgIpc) is 3.20. The van der Waals surface area contributed by atoms with E-state index in [1.807, 2.05) is 0 Å². The summed E-state index contributed by atoms with van der Waals surface area (Å²) in [4.78, 5) is 47.4. The molecule has 1 amide bonds. The minimum atomic E-state index is -1.55. The molecule has 1 aromatic heterocycles. The lowest BCUT2D eigenvalue weighted by Crippen LogP contribution is -2.49. The molecule has 6 N–H and O–H groups in total. The summed E-state index contributed by atoms with van der Waals surface area (Å²) in [6.45, 7) is 2.78. The number of carbonyl (C=O) groups excluding carboxylic acids is 2. The highest BCUT2D eigenvalue weighted by molar-refractivity contribution is 7.12. The minimum Gasteiger partial charge on any atom is -0.481 e. The Morgan fingerprint density at radius 1 is 1.12 bits per heavy atom. The van der Waals surface area contributed by atoms with E-state index in [0.29, 0.717) is 16.0 Å². The fraction of sp³-hybridized carbons (Fsp3) is 0.286. The number of rotatable bonds is 10. The van der Waals surface area contributed by atoms with E-state index < -0.39 is 41.7 Å². The first-order chi connectivity index (χ1) is 15.0. The minimum absolute atomic E-state index is 0.101. The van der Waals surface area contributed by atoms with Crippen molar-refractivity contribution in [2.24, 2.45) is 17.6 Å². The number of hydrogen-bond acceptors (Lipinski definition) is 7. The molecule has 0 bridgehead atoms. The number of ether oxygens (including phenoxy) is 1.